The standard InChI is InChI=1S/C16H29NO/c1-15-4-5-16(2,13-15)12-14(11-15)3-6-17-7-9-18-10-8-17/h14H,3-13H2,1-2H3. The van der Waals surface area contributed by atoms with E-state index in [1.54, 1.807) is 0 Å². The Kier molecular flexibility index (Phi) is 3.44. The lowest BCUT2D eigenvalue weighted by Gasteiger charge is -2.41. The molecule has 1 saturated heterocycles. The average Bonchev–Trinajstić information content (AvgIpc) is 2.57. The van der Waals surface area contributed by atoms with Crippen molar-refractivity contribution in [1.82, 2.24) is 4.90 Å². The summed E-state index contributed by atoms with van der Waals surface area (Å²) in [5.74, 6) is 0.985. The Morgan fingerprint density at radius 3 is 2.28 bits per heavy atom. The summed E-state index contributed by atoms with van der Waals surface area (Å²) in [6.07, 6.45) is 8.87. The molecule has 1 aliphatic heterocycles. The van der Waals surface area contributed by atoms with Gasteiger partial charge in [0, 0.05) is 13.1 Å². The topological polar surface area (TPSA) is 12.5 Å². The van der Waals surface area contributed by atoms with Gasteiger partial charge in [-0.05, 0) is 61.8 Å². The molecule has 0 aromatic carbocycles. The van der Waals surface area contributed by atoms with Crippen LogP contribution >= 0.6 is 0 Å². The zero-order valence-corrected chi connectivity index (χ0v) is 12.2. The molecule has 2 unspecified atom stereocenters. The lowest BCUT2D eigenvalue weighted by Crippen LogP contribution is -2.38. The number of hydrogen-bond donors (Lipinski definition) is 0. The van der Waals surface area contributed by atoms with Crippen LogP contribution in [0.4, 0.5) is 0 Å². The highest BCUT2D eigenvalue weighted by Gasteiger charge is 2.48. The van der Waals surface area contributed by atoms with Crippen molar-refractivity contribution in [2.24, 2.45) is 16.7 Å². The fourth-order valence-electron chi connectivity index (χ4n) is 5.02. The summed E-state index contributed by atoms with van der Waals surface area (Å²) < 4.78 is 5.43. The van der Waals surface area contributed by atoms with Crippen molar-refractivity contribution in [2.75, 3.05) is 32.8 Å². The Morgan fingerprint density at radius 2 is 1.67 bits per heavy atom. The van der Waals surface area contributed by atoms with E-state index in [4.69, 9.17) is 4.74 Å². The molecule has 0 radical (unpaired) electrons. The number of hydrogen-bond acceptors (Lipinski definition) is 2. The summed E-state index contributed by atoms with van der Waals surface area (Å²) in [5, 5.41) is 0. The van der Waals surface area contributed by atoms with E-state index in [-0.39, 0.29) is 0 Å². The molecule has 2 bridgehead atoms. The zero-order valence-electron chi connectivity index (χ0n) is 12.2. The minimum atomic E-state index is 0.683. The van der Waals surface area contributed by atoms with Crippen LogP contribution < -0.4 is 0 Å². The molecule has 2 nitrogen and oxygen atoms in total. The molecule has 2 saturated carbocycles. The highest BCUT2D eigenvalue weighted by molar-refractivity contribution is 4.99. The van der Waals surface area contributed by atoms with Crippen molar-refractivity contribution in [3.8, 4) is 0 Å². The Balaban J connectivity index is 1.51. The summed E-state index contributed by atoms with van der Waals surface area (Å²) in [5.41, 5.74) is 1.37. The number of ether oxygens (including phenoxy) is 1. The Hall–Kier alpha value is -0.0800. The molecule has 0 N–H and O–H groups in total. The van der Waals surface area contributed by atoms with E-state index in [1.165, 1.54) is 45.1 Å². The molecule has 2 atom stereocenters. The van der Waals surface area contributed by atoms with E-state index >= 15 is 0 Å². The molecule has 2 aliphatic carbocycles. The summed E-state index contributed by atoms with van der Waals surface area (Å²) in [7, 11) is 0. The predicted molar refractivity (Wildman–Crippen MR) is 74.7 cm³/mol. The first-order valence-corrected chi connectivity index (χ1v) is 7.87. The number of nitrogens with zero attached hydrogens (tertiary/aromatic N) is 1. The van der Waals surface area contributed by atoms with E-state index in [1.807, 2.05) is 0 Å². The van der Waals surface area contributed by atoms with Crippen LogP contribution in [-0.2, 0) is 4.74 Å². The third kappa shape index (κ3) is 2.75. The first kappa shape index (κ1) is 12.9. The van der Waals surface area contributed by atoms with Crippen LogP contribution in [-0.4, -0.2) is 37.7 Å². The Morgan fingerprint density at radius 1 is 1.06 bits per heavy atom. The minimum Gasteiger partial charge on any atom is -0.379 e. The highest BCUT2D eigenvalue weighted by Crippen LogP contribution is 2.60. The lowest BCUT2D eigenvalue weighted by molar-refractivity contribution is 0.0296. The molecule has 3 rings (SSSR count). The first-order valence-electron chi connectivity index (χ1n) is 7.87. The molecule has 104 valence electrons. The normalized spacial score (nSPS) is 45.3. The Labute approximate surface area is 112 Å². The molecular weight excluding hydrogens is 222 g/mol. The molecular formula is C16H29NO. The smallest absolute Gasteiger partial charge is 0.0594 e. The van der Waals surface area contributed by atoms with Crippen LogP contribution in [0.15, 0.2) is 0 Å². The molecule has 0 aromatic rings. The van der Waals surface area contributed by atoms with Gasteiger partial charge in [0.25, 0.3) is 0 Å². The molecule has 3 fully saturated rings. The van der Waals surface area contributed by atoms with E-state index in [2.05, 4.69) is 18.7 Å². The maximum absolute atomic E-state index is 5.43. The van der Waals surface area contributed by atoms with Gasteiger partial charge in [0.2, 0.25) is 0 Å². The second kappa shape index (κ2) is 4.79. The van der Waals surface area contributed by atoms with Gasteiger partial charge >= 0.3 is 0 Å². The third-order valence-corrected chi connectivity index (χ3v) is 5.71. The highest BCUT2D eigenvalue weighted by atomic mass is 16.5. The number of fused-ring (bicyclic) bond motifs is 2. The summed E-state index contributed by atoms with van der Waals surface area (Å²) >= 11 is 0. The van der Waals surface area contributed by atoms with Gasteiger partial charge in [-0.1, -0.05) is 13.8 Å². The quantitative estimate of drug-likeness (QED) is 0.763. The zero-order chi connectivity index (χ0) is 12.6. The third-order valence-electron chi connectivity index (χ3n) is 5.71. The molecule has 1 heterocycles. The molecule has 3 aliphatic rings. The van der Waals surface area contributed by atoms with Crippen molar-refractivity contribution < 1.29 is 4.74 Å². The van der Waals surface area contributed by atoms with Crippen molar-refractivity contribution in [3.63, 3.8) is 0 Å². The number of morpholine rings is 1. The van der Waals surface area contributed by atoms with Crippen molar-refractivity contribution in [2.45, 2.75) is 52.4 Å². The van der Waals surface area contributed by atoms with E-state index in [0.29, 0.717) is 10.8 Å². The largest absolute Gasteiger partial charge is 0.379 e. The molecule has 0 amide bonds. The van der Waals surface area contributed by atoms with Gasteiger partial charge in [-0.25, -0.2) is 0 Å². The molecule has 0 aromatic heterocycles. The maximum atomic E-state index is 5.43. The van der Waals surface area contributed by atoms with Gasteiger partial charge in [-0.2, -0.15) is 0 Å². The number of rotatable bonds is 3. The van der Waals surface area contributed by atoms with Gasteiger partial charge in [0.05, 0.1) is 13.2 Å². The summed E-state index contributed by atoms with van der Waals surface area (Å²) in [4.78, 5) is 2.60. The first-order chi connectivity index (χ1) is 8.57. The van der Waals surface area contributed by atoms with Crippen LogP contribution in [0.1, 0.15) is 52.4 Å². The van der Waals surface area contributed by atoms with Crippen LogP contribution in [0.5, 0.6) is 0 Å². The Bertz CT molecular complexity index is 281. The fourth-order valence-corrected chi connectivity index (χ4v) is 5.02. The van der Waals surface area contributed by atoms with Gasteiger partial charge in [-0.3, -0.25) is 4.90 Å². The predicted octanol–water partition coefficient (Wildman–Crippen LogP) is 3.32. The minimum absolute atomic E-state index is 0.683. The molecule has 18 heavy (non-hydrogen) atoms. The lowest BCUT2D eigenvalue weighted by atomic mass is 9.65. The van der Waals surface area contributed by atoms with Crippen LogP contribution in [0.2, 0.25) is 0 Å². The monoisotopic (exact) mass is 251 g/mol. The van der Waals surface area contributed by atoms with Crippen molar-refractivity contribution in [3.05, 3.63) is 0 Å². The average molecular weight is 251 g/mol. The summed E-state index contributed by atoms with van der Waals surface area (Å²) in [6.45, 7) is 10.6. The van der Waals surface area contributed by atoms with Crippen molar-refractivity contribution >= 4 is 0 Å². The second-order valence-corrected chi connectivity index (χ2v) is 7.82. The van der Waals surface area contributed by atoms with Crippen LogP contribution in [0.25, 0.3) is 0 Å². The molecule has 2 heteroatoms. The van der Waals surface area contributed by atoms with Crippen LogP contribution in [0, 0.1) is 16.7 Å². The maximum Gasteiger partial charge on any atom is 0.0594 e. The summed E-state index contributed by atoms with van der Waals surface area (Å²) in [6, 6.07) is 0. The van der Waals surface area contributed by atoms with Gasteiger partial charge < -0.3 is 4.74 Å². The van der Waals surface area contributed by atoms with E-state index < -0.39 is 0 Å². The van der Waals surface area contributed by atoms with Gasteiger partial charge in [0.1, 0.15) is 0 Å². The van der Waals surface area contributed by atoms with Crippen molar-refractivity contribution in [1.29, 1.82) is 0 Å². The van der Waals surface area contributed by atoms with E-state index in [0.717, 1.165) is 32.2 Å². The molecule has 0 spiro atoms. The second-order valence-electron chi connectivity index (χ2n) is 7.82. The van der Waals surface area contributed by atoms with E-state index in [9.17, 15) is 0 Å². The van der Waals surface area contributed by atoms with Gasteiger partial charge in [-0.15, -0.1) is 0 Å². The SMILES string of the molecule is CC12CCC(C)(CC(CCN3CCOCC3)C1)C2. The van der Waals surface area contributed by atoms with Gasteiger partial charge in [0.15, 0.2) is 0 Å². The fraction of sp³-hybridized carbons (Fsp3) is 1.00. The van der Waals surface area contributed by atoms with Crippen LogP contribution in [0.3, 0.4) is 0 Å².